The van der Waals surface area contributed by atoms with Crippen molar-refractivity contribution in [1.29, 1.82) is 0 Å². The van der Waals surface area contributed by atoms with Crippen LogP contribution in [0.15, 0.2) is 6.20 Å². The fraction of sp³-hybridized carbons (Fsp3) is 0.769. The molecule has 18 heavy (non-hydrogen) atoms. The number of hydrogen-bond acceptors (Lipinski definition) is 4. The van der Waals surface area contributed by atoms with E-state index >= 15 is 0 Å². The van der Waals surface area contributed by atoms with Crippen molar-refractivity contribution in [1.82, 2.24) is 15.2 Å². The van der Waals surface area contributed by atoms with Gasteiger partial charge in [-0.2, -0.15) is 0 Å². The summed E-state index contributed by atoms with van der Waals surface area (Å²) in [6.45, 7) is 11.2. The average molecular weight is 290 g/mol. The maximum Gasteiger partial charge on any atom is 0.0930 e. The number of rotatable bonds is 4. The zero-order valence-corrected chi connectivity index (χ0v) is 13.1. The summed E-state index contributed by atoms with van der Waals surface area (Å²) < 4.78 is 0. The Bertz CT molecular complexity index is 354. The third-order valence-corrected chi connectivity index (χ3v) is 4.02. The van der Waals surface area contributed by atoms with Crippen LogP contribution < -0.4 is 5.32 Å². The third kappa shape index (κ3) is 4.84. The summed E-state index contributed by atoms with van der Waals surface area (Å²) in [7, 11) is 0. The molecule has 5 heteroatoms. The van der Waals surface area contributed by atoms with E-state index in [1.165, 1.54) is 9.88 Å². The normalized spacial score (nSPS) is 21.0. The Morgan fingerprint density at radius 1 is 1.56 bits per heavy atom. The van der Waals surface area contributed by atoms with Crippen LogP contribution >= 0.6 is 23.7 Å². The fourth-order valence-corrected chi connectivity index (χ4v) is 3.42. The smallest absolute Gasteiger partial charge is 0.0930 e. The molecule has 0 bridgehead atoms. The lowest BCUT2D eigenvalue weighted by Crippen LogP contribution is -2.48. The summed E-state index contributed by atoms with van der Waals surface area (Å²) >= 11 is 1.88. The Morgan fingerprint density at radius 3 is 3.00 bits per heavy atom. The summed E-state index contributed by atoms with van der Waals surface area (Å²) in [5.74, 6) is 0.702. The van der Waals surface area contributed by atoms with Crippen molar-refractivity contribution >= 4 is 23.7 Å². The van der Waals surface area contributed by atoms with Crippen molar-refractivity contribution in [2.45, 2.75) is 39.8 Å². The van der Waals surface area contributed by atoms with Crippen LogP contribution in [-0.4, -0.2) is 35.6 Å². The molecule has 1 saturated heterocycles. The van der Waals surface area contributed by atoms with E-state index in [-0.39, 0.29) is 12.4 Å². The summed E-state index contributed by atoms with van der Waals surface area (Å²) in [6.07, 6.45) is 3.18. The molecule has 2 heterocycles. The van der Waals surface area contributed by atoms with Gasteiger partial charge in [0.2, 0.25) is 0 Å². The Kier molecular flexibility index (Phi) is 6.57. The predicted molar refractivity (Wildman–Crippen MR) is 80.6 cm³/mol. The van der Waals surface area contributed by atoms with Gasteiger partial charge in [-0.25, -0.2) is 4.98 Å². The van der Waals surface area contributed by atoms with Crippen LogP contribution in [0.2, 0.25) is 0 Å². The molecule has 0 spiro atoms. The summed E-state index contributed by atoms with van der Waals surface area (Å²) in [5.41, 5.74) is 0. The first kappa shape index (κ1) is 15.9. The van der Waals surface area contributed by atoms with Crippen molar-refractivity contribution in [3.63, 3.8) is 0 Å². The Hall–Kier alpha value is -0.160. The summed E-state index contributed by atoms with van der Waals surface area (Å²) in [5, 5.41) is 4.77. The molecule has 2 rings (SSSR count). The zero-order valence-electron chi connectivity index (χ0n) is 11.5. The van der Waals surface area contributed by atoms with Gasteiger partial charge >= 0.3 is 0 Å². The second-order valence-corrected chi connectivity index (χ2v) is 6.61. The molecule has 1 N–H and O–H groups in total. The van der Waals surface area contributed by atoms with Gasteiger partial charge in [-0.1, -0.05) is 13.8 Å². The molecule has 0 aromatic carbocycles. The van der Waals surface area contributed by atoms with Gasteiger partial charge in [0.1, 0.15) is 0 Å². The second kappa shape index (κ2) is 7.43. The van der Waals surface area contributed by atoms with E-state index in [0.717, 1.165) is 32.6 Å². The molecule has 0 aliphatic carbocycles. The molecule has 104 valence electrons. The Morgan fingerprint density at radius 2 is 2.33 bits per heavy atom. The molecule has 0 radical (unpaired) electrons. The van der Waals surface area contributed by atoms with Gasteiger partial charge in [0.25, 0.3) is 0 Å². The van der Waals surface area contributed by atoms with Crippen molar-refractivity contribution in [2.75, 3.05) is 19.6 Å². The van der Waals surface area contributed by atoms with E-state index in [1.54, 1.807) is 0 Å². The van der Waals surface area contributed by atoms with Crippen LogP contribution in [0, 0.1) is 5.92 Å². The number of hydrogen-bond donors (Lipinski definition) is 1. The van der Waals surface area contributed by atoms with Gasteiger partial charge in [-0.15, -0.1) is 23.7 Å². The molecule has 0 saturated carbocycles. The van der Waals surface area contributed by atoms with Crippen molar-refractivity contribution < 1.29 is 0 Å². The fourth-order valence-electron chi connectivity index (χ4n) is 2.24. The van der Waals surface area contributed by atoms with E-state index in [4.69, 9.17) is 0 Å². The maximum atomic E-state index is 4.52. The highest BCUT2D eigenvalue weighted by atomic mass is 35.5. The van der Waals surface area contributed by atoms with Gasteiger partial charge in [0.05, 0.1) is 5.01 Å². The van der Waals surface area contributed by atoms with Crippen LogP contribution in [0.5, 0.6) is 0 Å². The van der Waals surface area contributed by atoms with Crippen LogP contribution in [0.25, 0.3) is 0 Å². The van der Waals surface area contributed by atoms with Crippen molar-refractivity contribution in [3.05, 3.63) is 16.1 Å². The molecule has 1 aromatic rings. The summed E-state index contributed by atoms with van der Waals surface area (Å²) in [4.78, 5) is 8.45. The SMILES string of the molecule is CC(C)Cc1ncc(CN2CCNC(C)C2)s1.Cl. The van der Waals surface area contributed by atoms with Crippen LogP contribution in [0.3, 0.4) is 0 Å². The number of nitrogens with zero attached hydrogens (tertiary/aromatic N) is 2. The highest BCUT2D eigenvalue weighted by molar-refractivity contribution is 7.11. The van der Waals surface area contributed by atoms with Gasteiger partial charge < -0.3 is 5.32 Å². The van der Waals surface area contributed by atoms with Gasteiger partial charge in [0.15, 0.2) is 0 Å². The van der Waals surface area contributed by atoms with Crippen LogP contribution in [0.1, 0.15) is 30.7 Å². The lowest BCUT2D eigenvalue weighted by atomic mass is 10.1. The van der Waals surface area contributed by atoms with Gasteiger partial charge in [-0.05, 0) is 12.8 Å². The first-order valence-corrected chi connectivity index (χ1v) is 7.34. The second-order valence-electron chi connectivity index (χ2n) is 5.41. The number of thiazole rings is 1. The molecule has 1 fully saturated rings. The lowest BCUT2D eigenvalue weighted by molar-refractivity contribution is 0.201. The highest BCUT2D eigenvalue weighted by Crippen LogP contribution is 2.18. The number of nitrogens with one attached hydrogen (secondary N) is 1. The minimum absolute atomic E-state index is 0. The van der Waals surface area contributed by atoms with Crippen molar-refractivity contribution in [2.24, 2.45) is 5.92 Å². The zero-order chi connectivity index (χ0) is 12.3. The standard InChI is InChI=1S/C13H23N3S.ClH/c1-10(2)6-13-15-7-12(17-13)9-16-5-4-14-11(3)8-16;/h7,10-11,14H,4-6,8-9H2,1-3H3;1H. The van der Waals surface area contributed by atoms with Gasteiger partial charge in [-0.3, -0.25) is 4.90 Å². The molecule has 0 amide bonds. The quantitative estimate of drug-likeness (QED) is 0.923. The van der Waals surface area contributed by atoms with Crippen molar-refractivity contribution in [3.8, 4) is 0 Å². The van der Waals surface area contributed by atoms with E-state index in [9.17, 15) is 0 Å². The van der Waals surface area contributed by atoms with Crippen LogP contribution in [0.4, 0.5) is 0 Å². The largest absolute Gasteiger partial charge is 0.312 e. The van der Waals surface area contributed by atoms with E-state index in [1.807, 2.05) is 11.3 Å². The molecule has 1 aliphatic heterocycles. The Balaban J connectivity index is 0.00000162. The maximum absolute atomic E-state index is 4.52. The van der Waals surface area contributed by atoms with E-state index in [0.29, 0.717) is 12.0 Å². The minimum Gasteiger partial charge on any atom is -0.312 e. The molecule has 1 aromatic heterocycles. The van der Waals surface area contributed by atoms with Crippen LogP contribution in [-0.2, 0) is 13.0 Å². The number of aromatic nitrogens is 1. The average Bonchev–Trinajstić information content (AvgIpc) is 2.64. The molecule has 1 atom stereocenters. The first-order valence-electron chi connectivity index (χ1n) is 6.53. The van der Waals surface area contributed by atoms with E-state index < -0.39 is 0 Å². The predicted octanol–water partition coefficient (Wildman–Crippen LogP) is 2.56. The van der Waals surface area contributed by atoms with Gasteiger partial charge in [0, 0.05) is 49.7 Å². The lowest BCUT2D eigenvalue weighted by Gasteiger charge is -2.31. The molecule has 1 aliphatic rings. The molecule has 1 unspecified atom stereocenters. The molecule has 3 nitrogen and oxygen atoms in total. The minimum atomic E-state index is 0. The third-order valence-electron chi connectivity index (χ3n) is 3.02. The highest BCUT2D eigenvalue weighted by Gasteiger charge is 2.16. The molecular weight excluding hydrogens is 266 g/mol. The monoisotopic (exact) mass is 289 g/mol. The first-order chi connectivity index (χ1) is 8.13. The number of halogens is 1. The number of piperazine rings is 1. The summed E-state index contributed by atoms with van der Waals surface area (Å²) in [6, 6.07) is 0.617. The Labute approximate surface area is 120 Å². The molecular formula is C13H24ClN3S. The topological polar surface area (TPSA) is 28.2 Å². The van der Waals surface area contributed by atoms with E-state index in [2.05, 4.69) is 42.2 Å².